The second-order valence-electron chi connectivity index (χ2n) is 7.04. The van der Waals surface area contributed by atoms with Crippen LogP contribution in [0.4, 0.5) is 0 Å². The number of hydrogen-bond donors (Lipinski definition) is 0. The van der Waals surface area contributed by atoms with Crippen LogP contribution in [0.3, 0.4) is 0 Å². The molecule has 1 heteroatoms. The number of rotatable bonds is 9. The van der Waals surface area contributed by atoms with Gasteiger partial charge >= 0.3 is 0 Å². The van der Waals surface area contributed by atoms with E-state index >= 15 is 0 Å². The van der Waals surface area contributed by atoms with Gasteiger partial charge in [-0.05, 0) is 29.5 Å². The minimum absolute atomic E-state index is 0.0867. The van der Waals surface area contributed by atoms with Crippen molar-refractivity contribution in [3.63, 3.8) is 0 Å². The van der Waals surface area contributed by atoms with Gasteiger partial charge in [-0.25, -0.2) is 0 Å². The van der Waals surface area contributed by atoms with Crippen molar-refractivity contribution >= 4 is 5.78 Å². The van der Waals surface area contributed by atoms with Crippen molar-refractivity contribution in [1.29, 1.82) is 0 Å². The summed E-state index contributed by atoms with van der Waals surface area (Å²) >= 11 is 0. The van der Waals surface area contributed by atoms with Gasteiger partial charge in [-0.2, -0.15) is 0 Å². The molecule has 1 aromatic carbocycles. The van der Waals surface area contributed by atoms with Gasteiger partial charge in [0.25, 0.3) is 0 Å². The normalized spacial score (nSPS) is 11.6. The van der Waals surface area contributed by atoms with Crippen molar-refractivity contribution in [2.45, 2.75) is 84.5 Å². The summed E-state index contributed by atoms with van der Waals surface area (Å²) in [6.07, 6.45) is 9.40. The summed E-state index contributed by atoms with van der Waals surface area (Å²) < 4.78 is 0. The molecule has 117 valence electrons. The fraction of sp³-hybridized carbons (Fsp3) is 0.650. The average Bonchev–Trinajstić information content (AvgIpc) is 2.45. The van der Waals surface area contributed by atoms with Crippen molar-refractivity contribution in [2.24, 2.45) is 0 Å². The largest absolute Gasteiger partial charge is 0.294 e. The molecule has 0 aromatic heterocycles. The molecule has 21 heavy (non-hydrogen) atoms. The van der Waals surface area contributed by atoms with E-state index in [2.05, 4.69) is 39.8 Å². The molecule has 1 rings (SSSR count). The molecule has 0 bridgehead atoms. The molecule has 0 fully saturated rings. The average molecular weight is 287 g/mol. The maximum Gasteiger partial charge on any atom is 0.163 e. The summed E-state index contributed by atoms with van der Waals surface area (Å²) in [7, 11) is 0. The molecule has 0 saturated heterocycles. The molecule has 1 nitrogen and oxygen atoms in total. The molecule has 0 spiro atoms. The minimum Gasteiger partial charge on any atom is -0.294 e. The van der Waals surface area contributed by atoms with Crippen LogP contribution in [0.5, 0.6) is 0 Å². The zero-order valence-electron chi connectivity index (χ0n) is 14.3. The first-order valence-corrected chi connectivity index (χ1v) is 8.50. The maximum atomic E-state index is 12.2. The maximum absolute atomic E-state index is 12.2. The van der Waals surface area contributed by atoms with E-state index in [0.717, 1.165) is 12.0 Å². The number of unbranched alkanes of at least 4 members (excludes halogenated alkanes) is 6. The van der Waals surface area contributed by atoms with E-state index in [1.165, 1.54) is 44.1 Å². The molecule has 0 unspecified atom stereocenters. The predicted molar refractivity (Wildman–Crippen MR) is 90.9 cm³/mol. The van der Waals surface area contributed by atoms with Crippen LogP contribution in [0.15, 0.2) is 18.2 Å². The van der Waals surface area contributed by atoms with Gasteiger partial charge in [0.15, 0.2) is 5.78 Å². The second-order valence-corrected chi connectivity index (χ2v) is 7.04. The summed E-state index contributed by atoms with van der Waals surface area (Å²) in [5, 5.41) is 0. The van der Waals surface area contributed by atoms with Crippen LogP contribution in [0.25, 0.3) is 0 Å². The molecular weight excluding hydrogens is 256 g/mol. The smallest absolute Gasteiger partial charge is 0.163 e. The molecule has 0 saturated carbocycles. The van der Waals surface area contributed by atoms with Crippen molar-refractivity contribution in [3.05, 3.63) is 35.4 Å². The molecule has 1 radical (unpaired) electrons. The highest BCUT2D eigenvalue weighted by atomic mass is 16.1. The number of hydrogen-bond acceptors (Lipinski definition) is 1. The molecule has 0 N–H and O–H groups in total. The van der Waals surface area contributed by atoms with E-state index in [9.17, 15) is 4.79 Å². The van der Waals surface area contributed by atoms with E-state index in [0.29, 0.717) is 6.42 Å². The highest BCUT2D eigenvalue weighted by Crippen LogP contribution is 2.23. The number of carbonyl (C=O) groups excluding carboxylic acids is 1. The molecular formula is C20H31O. The van der Waals surface area contributed by atoms with Gasteiger partial charge in [-0.1, -0.05) is 78.4 Å². The standard InChI is InChI=1S/C20H31O/c1-5-6-7-8-9-10-11-15-19(21)17-13-12-14-18(16-17)20(2,3)4/h12,14,16H,5-11,15H2,1-4H3. The Morgan fingerprint density at radius 3 is 2.29 bits per heavy atom. The third-order valence-corrected chi connectivity index (χ3v) is 3.98. The van der Waals surface area contributed by atoms with Gasteiger partial charge in [-0.15, -0.1) is 0 Å². The quantitative estimate of drug-likeness (QED) is 0.395. The molecule has 0 aliphatic heterocycles. The van der Waals surface area contributed by atoms with E-state index in [4.69, 9.17) is 0 Å². The van der Waals surface area contributed by atoms with Crippen LogP contribution < -0.4 is 0 Å². The van der Waals surface area contributed by atoms with Crippen molar-refractivity contribution < 1.29 is 4.79 Å². The highest BCUT2D eigenvalue weighted by molar-refractivity contribution is 5.95. The number of carbonyl (C=O) groups is 1. The third-order valence-electron chi connectivity index (χ3n) is 3.98. The monoisotopic (exact) mass is 287 g/mol. The Morgan fingerprint density at radius 1 is 1.05 bits per heavy atom. The Labute approximate surface area is 131 Å². The molecule has 1 aromatic rings. The highest BCUT2D eigenvalue weighted by Gasteiger charge is 2.15. The summed E-state index contributed by atoms with van der Waals surface area (Å²) in [6.45, 7) is 8.76. The van der Waals surface area contributed by atoms with Crippen LogP contribution in [-0.2, 0) is 5.41 Å². The van der Waals surface area contributed by atoms with Gasteiger partial charge in [0.1, 0.15) is 0 Å². The first kappa shape index (κ1) is 17.9. The summed E-state index contributed by atoms with van der Waals surface area (Å²) in [5.41, 5.74) is 2.06. The lowest BCUT2D eigenvalue weighted by molar-refractivity contribution is 0.0978. The topological polar surface area (TPSA) is 17.1 Å². The zero-order chi connectivity index (χ0) is 15.7. The predicted octanol–water partition coefficient (Wildman–Crippen LogP) is 6.11. The lowest BCUT2D eigenvalue weighted by Crippen LogP contribution is -2.12. The third kappa shape index (κ3) is 6.93. The van der Waals surface area contributed by atoms with Gasteiger partial charge < -0.3 is 0 Å². The van der Waals surface area contributed by atoms with E-state index < -0.39 is 0 Å². The van der Waals surface area contributed by atoms with Crippen LogP contribution in [0.1, 0.15) is 95.0 Å². The number of benzene rings is 1. The Bertz CT molecular complexity index is 426. The van der Waals surface area contributed by atoms with Gasteiger partial charge in [0.05, 0.1) is 0 Å². The van der Waals surface area contributed by atoms with Crippen LogP contribution in [0, 0.1) is 6.07 Å². The second kappa shape index (κ2) is 9.02. The van der Waals surface area contributed by atoms with Gasteiger partial charge in [-0.3, -0.25) is 4.79 Å². The van der Waals surface area contributed by atoms with E-state index in [-0.39, 0.29) is 11.2 Å². The Balaban J connectivity index is 2.36. The molecule has 0 aliphatic rings. The first-order valence-electron chi connectivity index (χ1n) is 8.50. The van der Waals surface area contributed by atoms with Crippen molar-refractivity contribution in [1.82, 2.24) is 0 Å². The molecule has 0 amide bonds. The first-order chi connectivity index (χ1) is 9.95. The fourth-order valence-corrected chi connectivity index (χ4v) is 2.47. The minimum atomic E-state index is 0.0867. The number of ketones is 1. The van der Waals surface area contributed by atoms with Crippen molar-refractivity contribution in [2.75, 3.05) is 0 Å². The SMILES string of the molecule is CCCCCCCCCC(=O)c1[c]ccc(C(C)(C)C)c1. The van der Waals surface area contributed by atoms with Crippen LogP contribution in [-0.4, -0.2) is 5.78 Å². The summed E-state index contributed by atoms with van der Waals surface area (Å²) in [5.74, 6) is 0.245. The van der Waals surface area contributed by atoms with Crippen LogP contribution >= 0.6 is 0 Å². The van der Waals surface area contributed by atoms with E-state index in [1.807, 2.05) is 12.1 Å². The molecule has 0 aliphatic carbocycles. The lowest BCUT2D eigenvalue weighted by Gasteiger charge is -2.19. The van der Waals surface area contributed by atoms with Crippen molar-refractivity contribution in [3.8, 4) is 0 Å². The van der Waals surface area contributed by atoms with E-state index in [1.54, 1.807) is 0 Å². The fourth-order valence-electron chi connectivity index (χ4n) is 2.47. The number of Topliss-reactive ketones (excluding diaryl/α,β-unsaturated/α-hetero) is 1. The zero-order valence-corrected chi connectivity index (χ0v) is 14.3. The molecule has 0 heterocycles. The molecule has 0 atom stereocenters. The van der Waals surface area contributed by atoms with Gasteiger partial charge in [0.2, 0.25) is 0 Å². The van der Waals surface area contributed by atoms with Crippen LogP contribution in [0.2, 0.25) is 0 Å². The Kier molecular flexibility index (Phi) is 7.71. The lowest BCUT2D eigenvalue weighted by atomic mass is 9.85. The Hall–Kier alpha value is -1.11. The summed E-state index contributed by atoms with van der Waals surface area (Å²) in [6, 6.07) is 9.06. The van der Waals surface area contributed by atoms with Gasteiger partial charge in [0, 0.05) is 12.0 Å². The summed E-state index contributed by atoms with van der Waals surface area (Å²) in [4.78, 5) is 12.2. The Morgan fingerprint density at radius 2 is 1.67 bits per heavy atom.